The summed E-state index contributed by atoms with van der Waals surface area (Å²) in [5, 5.41) is 4.65. The lowest BCUT2D eigenvalue weighted by molar-refractivity contribution is 0.454. The van der Waals surface area contributed by atoms with Crippen LogP contribution < -0.4 is 10.5 Å². The Hall–Kier alpha value is -2.63. The largest absolute Gasteiger partial charge is 0.337 e. The van der Waals surface area contributed by atoms with Crippen LogP contribution in [-0.2, 0) is 19.0 Å². The number of benzene rings is 1. The number of rotatable bonds is 3. The number of aromatic nitrogens is 4. The van der Waals surface area contributed by atoms with E-state index in [0.29, 0.717) is 6.54 Å². The van der Waals surface area contributed by atoms with E-state index < -0.39 is 0 Å². The third-order valence-corrected chi connectivity index (χ3v) is 5.42. The quantitative estimate of drug-likeness (QED) is 0.716. The van der Waals surface area contributed by atoms with Crippen LogP contribution in [0.25, 0.3) is 11.0 Å². The molecule has 6 nitrogen and oxygen atoms in total. The van der Waals surface area contributed by atoms with Gasteiger partial charge in [-0.15, -0.1) is 0 Å². The van der Waals surface area contributed by atoms with E-state index in [1.165, 1.54) is 0 Å². The SMILES string of the molecule is Cn1c(N2CCCC2Cn2nc(C(C)(C)C)ccc2=O)nc2ccccc21. The number of anilines is 1. The van der Waals surface area contributed by atoms with E-state index in [2.05, 4.69) is 48.5 Å². The molecule has 0 amide bonds. The highest BCUT2D eigenvalue weighted by molar-refractivity contribution is 5.78. The first-order valence-electron chi connectivity index (χ1n) is 9.61. The van der Waals surface area contributed by atoms with Crippen LogP contribution in [-0.4, -0.2) is 31.9 Å². The zero-order valence-corrected chi connectivity index (χ0v) is 16.5. The van der Waals surface area contributed by atoms with Crippen molar-refractivity contribution in [2.45, 2.75) is 51.6 Å². The van der Waals surface area contributed by atoms with E-state index >= 15 is 0 Å². The van der Waals surface area contributed by atoms with Crippen molar-refractivity contribution >= 4 is 17.0 Å². The predicted octanol–water partition coefficient (Wildman–Crippen LogP) is 3.10. The van der Waals surface area contributed by atoms with Crippen molar-refractivity contribution < 1.29 is 0 Å². The molecule has 3 heterocycles. The molecule has 2 aromatic heterocycles. The second-order valence-corrected chi connectivity index (χ2v) is 8.44. The van der Waals surface area contributed by atoms with E-state index in [-0.39, 0.29) is 17.0 Å². The van der Waals surface area contributed by atoms with Crippen molar-refractivity contribution in [3.05, 3.63) is 52.4 Å². The highest BCUT2D eigenvalue weighted by Crippen LogP contribution is 2.28. The van der Waals surface area contributed by atoms with E-state index in [0.717, 1.165) is 42.1 Å². The molecule has 3 aromatic rings. The minimum absolute atomic E-state index is 0.0418. The maximum atomic E-state index is 12.4. The number of fused-ring (bicyclic) bond motifs is 1. The Bertz CT molecular complexity index is 1030. The van der Waals surface area contributed by atoms with Gasteiger partial charge in [0.2, 0.25) is 5.95 Å². The third-order valence-electron chi connectivity index (χ3n) is 5.42. The van der Waals surface area contributed by atoms with Crippen molar-refractivity contribution in [3.8, 4) is 0 Å². The molecular formula is C21H27N5O. The molecular weight excluding hydrogens is 338 g/mol. The van der Waals surface area contributed by atoms with Gasteiger partial charge in [-0.1, -0.05) is 32.9 Å². The number of para-hydroxylation sites is 2. The standard InChI is InChI=1S/C21H27N5O/c1-21(2,3)18-11-12-19(27)26(23-18)14-15-8-7-13-25(15)20-22-16-9-5-6-10-17(16)24(20)4/h5-6,9-12,15H,7-8,13-14H2,1-4H3. The van der Waals surface area contributed by atoms with Crippen molar-refractivity contribution in [2.75, 3.05) is 11.4 Å². The summed E-state index contributed by atoms with van der Waals surface area (Å²) in [6.07, 6.45) is 2.14. The first kappa shape index (κ1) is 17.8. The number of imidazole rings is 1. The van der Waals surface area contributed by atoms with E-state index in [9.17, 15) is 4.79 Å². The number of aryl methyl sites for hydroxylation is 1. The van der Waals surface area contributed by atoms with Crippen LogP contribution in [0.4, 0.5) is 5.95 Å². The summed E-state index contributed by atoms with van der Waals surface area (Å²) in [5.41, 5.74) is 2.95. The van der Waals surface area contributed by atoms with Crippen LogP contribution in [0.15, 0.2) is 41.2 Å². The molecule has 1 aromatic carbocycles. The molecule has 0 aliphatic carbocycles. The fourth-order valence-corrected chi connectivity index (χ4v) is 3.86. The van der Waals surface area contributed by atoms with Gasteiger partial charge in [0.1, 0.15) is 0 Å². The summed E-state index contributed by atoms with van der Waals surface area (Å²) in [5.74, 6) is 0.971. The zero-order chi connectivity index (χ0) is 19.2. The topological polar surface area (TPSA) is 56.0 Å². The number of nitrogens with zero attached hydrogens (tertiary/aromatic N) is 5. The van der Waals surface area contributed by atoms with Crippen LogP contribution in [0, 0.1) is 0 Å². The van der Waals surface area contributed by atoms with Crippen LogP contribution in [0.2, 0.25) is 0 Å². The smallest absolute Gasteiger partial charge is 0.266 e. The van der Waals surface area contributed by atoms with Gasteiger partial charge in [0.15, 0.2) is 0 Å². The number of hydrogen-bond donors (Lipinski definition) is 0. The zero-order valence-electron chi connectivity index (χ0n) is 16.5. The summed E-state index contributed by atoms with van der Waals surface area (Å²) in [7, 11) is 2.06. The highest BCUT2D eigenvalue weighted by Gasteiger charge is 2.29. The first-order chi connectivity index (χ1) is 12.8. The van der Waals surface area contributed by atoms with Gasteiger partial charge in [-0.05, 0) is 31.0 Å². The molecule has 1 aliphatic rings. The number of hydrogen-bond acceptors (Lipinski definition) is 4. The lowest BCUT2D eigenvalue weighted by Gasteiger charge is -2.26. The Morgan fingerprint density at radius 2 is 1.93 bits per heavy atom. The fraction of sp³-hybridized carbons (Fsp3) is 0.476. The Morgan fingerprint density at radius 1 is 1.15 bits per heavy atom. The average Bonchev–Trinajstić information content (AvgIpc) is 3.20. The summed E-state index contributed by atoms with van der Waals surface area (Å²) in [4.78, 5) is 19.6. The van der Waals surface area contributed by atoms with Crippen LogP contribution >= 0.6 is 0 Å². The first-order valence-corrected chi connectivity index (χ1v) is 9.61. The maximum absolute atomic E-state index is 12.4. The van der Waals surface area contributed by atoms with Gasteiger partial charge in [-0.25, -0.2) is 9.67 Å². The molecule has 1 aliphatic heterocycles. The second-order valence-electron chi connectivity index (χ2n) is 8.44. The maximum Gasteiger partial charge on any atom is 0.266 e. The Morgan fingerprint density at radius 3 is 2.67 bits per heavy atom. The molecule has 0 N–H and O–H groups in total. The molecule has 1 fully saturated rings. The highest BCUT2D eigenvalue weighted by atomic mass is 16.1. The Balaban J connectivity index is 1.66. The van der Waals surface area contributed by atoms with Gasteiger partial charge in [-0.3, -0.25) is 4.79 Å². The van der Waals surface area contributed by atoms with E-state index in [1.54, 1.807) is 10.7 Å². The van der Waals surface area contributed by atoms with Gasteiger partial charge >= 0.3 is 0 Å². The summed E-state index contributed by atoms with van der Waals surface area (Å²) in [6.45, 7) is 7.89. The summed E-state index contributed by atoms with van der Waals surface area (Å²) < 4.78 is 3.78. The van der Waals surface area contributed by atoms with Gasteiger partial charge in [-0.2, -0.15) is 5.10 Å². The van der Waals surface area contributed by atoms with Crippen LogP contribution in [0.1, 0.15) is 39.3 Å². The normalized spacial score (nSPS) is 17.8. The van der Waals surface area contributed by atoms with Crippen LogP contribution in [0.5, 0.6) is 0 Å². The molecule has 0 bridgehead atoms. The van der Waals surface area contributed by atoms with Gasteiger partial charge in [0.25, 0.3) is 5.56 Å². The molecule has 4 rings (SSSR count). The van der Waals surface area contributed by atoms with E-state index in [1.807, 2.05) is 24.3 Å². The minimum Gasteiger partial charge on any atom is -0.337 e. The molecule has 142 valence electrons. The van der Waals surface area contributed by atoms with Crippen LogP contribution in [0.3, 0.4) is 0 Å². The molecule has 0 radical (unpaired) electrons. The summed E-state index contributed by atoms with van der Waals surface area (Å²) >= 11 is 0. The van der Waals surface area contributed by atoms with Crippen molar-refractivity contribution in [2.24, 2.45) is 7.05 Å². The third kappa shape index (κ3) is 3.24. The van der Waals surface area contributed by atoms with Crippen molar-refractivity contribution in [3.63, 3.8) is 0 Å². The molecule has 0 spiro atoms. The lowest BCUT2D eigenvalue weighted by atomic mass is 9.92. The van der Waals surface area contributed by atoms with Crippen molar-refractivity contribution in [1.29, 1.82) is 0 Å². The molecule has 27 heavy (non-hydrogen) atoms. The Labute approximate surface area is 159 Å². The fourth-order valence-electron chi connectivity index (χ4n) is 3.86. The predicted molar refractivity (Wildman–Crippen MR) is 108 cm³/mol. The minimum atomic E-state index is -0.0811. The van der Waals surface area contributed by atoms with E-state index in [4.69, 9.17) is 4.98 Å². The molecule has 1 saturated heterocycles. The van der Waals surface area contributed by atoms with Gasteiger partial charge < -0.3 is 9.47 Å². The van der Waals surface area contributed by atoms with Crippen molar-refractivity contribution in [1.82, 2.24) is 19.3 Å². The van der Waals surface area contributed by atoms with Gasteiger partial charge in [0.05, 0.1) is 29.3 Å². The Kier molecular flexibility index (Phi) is 4.29. The summed E-state index contributed by atoms with van der Waals surface area (Å²) in [6, 6.07) is 11.9. The lowest BCUT2D eigenvalue weighted by Crippen LogP contribution is -2.39. The average molecular weight is 365 g/mol. The molecule has 6 heteroatoms. The molecule has 0 saturated carbocycles. The second kappa shape index (κ2) is 6.51. The molecule has 1 unspecified atom stereocenters. The van der Waals surface area contributed by atoms with Gasteiger partial charge in [0, 0.05) is 25.1 Å². The molecule has 1 atom stereocenters. The monoisotopic (exact) mass is 365 g/mol.